The van der Waals surface area contributed by atoms with Crippen LogP contribution in [0.2, 0.25) is 0 Å². The van der Waals surface area contributed by atoms with Gasteiger partial charge in [-0.05, 0) is 42.5 Å². The van der Waals surface area contributed by atoms with E-state index in [9.17, 15) is 14.9 Å². The van der Waals surface area contributed by atoms with E-state index in [0.29, 0.717) is 11.3 Å². The molecule has 23 heavy (non-hydrogen) atoms. The number of rotatable bonds is 4. The van der Waals surface area contributed by atoms with Gasteiger partial charge in [0.25, 0.3) is 11.6 Å². The zero-order chi connectivity index (χ0) is 16.8. The van der Waals surface area contributed by atoms with Gasteiger partial charge in [0.2, 0.25) is 0 Å². The molecule has 8 heteroatoms. The van der Waals surface area contributed by atoms with Crippen LogP contribution in [0.3, 0.4) is 0 Å². The smallest absolute Gasteiger partial charge is 0.292 e. The van der Waals surface area contributed by atoms with Gasteiger partial charge < -0.3 is 10.1 Å². The van der Waals surface area contributed by atoms with Crippen LogP contribution in [-0.2, 0) is 0 Å². The number of nitrogens with zero attached hydrogens (tertiary/aromatic N) is 1. The van der Waals surface area contributed by atoms with Crippen LogP contribution < -0.4 is 15.4 Å². The van der Waals surface area contributed by atoms with Crippen molar-refractivity contribution in [3.8, 4) is 5.75 Å². The molecule has 2 N–H and O–H groups in total. The molecular formula is C15H13N3O4S. The van der Waals surface area contributed by atoms with Gasteiger partial charge >= 0.3 is 0 Å². The van der Waals surface area contributed by atoms with Gasteiger partial charge in [0.15, 0.2) is 5.11 Å². The molecule has 0 fully saturated rings. The SMILES string of the molecule is COc1ccc(C(=O)NC(=S)Nc2ccccc2[N+](=O)[O-])cc1. The standard InChI is InChI=1S/C15H13N3O4S/c1-22-11-8-6-10(7-9-11)14(19)17-15(23)16-12-4-2-3-5-13(12)18(20)21/h2-9H,1H3,(H2,16,17,19,23). The predicted octanol–water partition coefficient (Wildman–Crippen LogP) is 2.73. The lowest BCUT2D eigenvalue weighted by Gasteiger charge is -2.10. The average Bonchev–Trinajstić information content (AvgIpc) is 2.55. The highest BCUT2D eigenvalue weighted by Gasteiger charge is 2.14. The van der Waals surface area contributed by atoms with Crippen molar-refractivity contribution in [1.82, 2.24) is 5.32 Å². The van der Waals surface area contributed by atoms with Crippen LogP contribution in [-0.4, -0.2) is 23.1 Å². The molecule has 0 aliphatic heterocycles. The van der Waals surface area contributed by atoms with Gasteiger partial charge in [-0.2, -0.15) is 0 Å². The van der Waals surface area contributed by atoms with Crippen molar-refractivity contribution < 1.29 is 14.5 Å². The largest absolute Gasteiger partial charge is 0.497 e. The van der Waals surface area contributed by atoms with Crippen LogP contribution in [0.25, 0.3) is 0 Å². The summed E-state index contributed by atoms with van der Waals surface area (Å²) in [6.45, 7) is 0. The van der Waals surface area contributed by atoms with Crippen LogP contribution >= 0.6 is 12.2 Å². The second-order valence-electron chi connectivity index (χ2n) is 4.41. The second kappa shape index (κ2) is 7.32. The Hall–Kier alpha value is -3.00. The van der Waals surface area contributed by atoms with Crippen molar-refractivity contribution in [2.75, 3.05) is 12.4 Å². The molecule has 0 saturated carbocycles. The molecule has 0 radical (unpaired) electrons. The van der Waals surface area contributed by atoms with Crippen molar-refractivity contribution in [3.05, 3.63) is 64.2 Å². The minimum Gasteiger partial charge on any atom is -0.497 e. The molecule has 0 spiro atoms. The fourth-order valence-electron chi connectivity index (χ4n) is 1.81. The normalized spacial score (nSPS) is 9.78. The summed E-state index contributed by atoms with van der Waals surface area (Å²) in [5.74, 6) is 0.200. The van der Waals surface area contributed by atoms with Crippen molar-refractivity contribution >= 4 is 34.6 Å². The Balaban J connectivity index is 2.04. The Bertz CT molecular complexity index is 747. The first kappa shape index (κ1) is 16.4. The summed E-state index contributed by atoms with van der Waals surface area (Å²) < 4.78 is 5.01. The van der Waals surface area contributed by atoms with Crippen LogP contribution in [0.5, 0.6) is 5.75 Å². The molecule has 0 heterocycles. The maximum absolute atomic E-state index is 12.1. The topological polar surface area (TPSA) is 93.5 Å². The Labute approximate surface area is 137 Å². The zero-order valence-corrected chi connectivity index (χ0v) is 12.9. The first-order valence-electron chi connectivity index (χ1n) is 6.51. The molecule has 118 valence electrons. The molecule has 0 aliphatic rings. The van der Waals surface area contributed by atoms with E-state index in [4.69, 9.17) is 17.0 Å². The monoisotopic (exact) mass is 331 g/mol. The highest BCUT2D eigenvalue weighted by molar-refractivity contribution is 7.80. The maximum Gasteiger partial charge on any atom is 0.292 e. The zero-order valence-electron chi connectivity index (χ0n) is 12.1. The van der Waals surface area contributed by atoms with E-state index >= 15 is 0 Å². The van der Waals surface area contributed by atoms with Gasteiger partial charge in [-0.15, -0.1) is 0 Å². The molecule has 0 bridgehead atoms. The number of nitro groups is 1. The maximum atomic E-state index is 12.1. The number of thiocarbonyl (C=S) groups is 1. The van der Waals surface area contributed by atoms with Gasteiger partial charge in [-0.3, -0.25) is 20.2 Å². The highest BCUT2D eigenvalue weighted by atomic mass is 32.1. The molecule has 2 aromatic carbocycles. The number of benzene rings is 2. The van der Waals surface area contributed by atoms with Crippen molar-refractivity contribution in [3.63, 3.8) is 0 Å². The molecule has 0 unspecified atom stereocenters. The van der Waals surface area contributed by atoms with Crippen LogP contribution in [0.15, 0.2) is 48.5 Å². The fourth-order valence-corrected chi connectivity index (χ4v) is 2.01. The lowest BCUT2D eigenvalue weighted by atomic mass is 10.2. The van der Waals surface area contributed by atoms with Crippen LogP contribution in [0, 0.1) is 10.1 Å². The van der Waals surface area contributed by atoms with Gasteiger partial charge in [0.1, 0.15) is 11.4 Å². The number of methoxy groups -OCH3 is 1. The molecule has 2 rings (SSSR count). The van der Waals surface area contributed by atoms with Gasteiger partial charge in [0.05, 0.1) is 12.0 Å². The molecule has 0 aliphatic carbocycles. The number of anilines is 1. The number of carbonyl (C=O) groups is 1. The Morgan fingerprint density at radius 3 is 2.43 bits per heavy atom. The van der Waals surface area contributed by atoms with Crippen LogP contribution in [0.1, 0.15) is 10.4 Å². The van der Waals surface area contributed by atoms with Crippen LogP contribution in [0.4, 0.5) is 11.4 Å². The van der Waals surface area contributed by atoms with E-state index in [0.717, 1.165) is 0 Å². The number of ether oxygens (including phenoxy) is 1. The van der Waals surface area contributed by atoms with E-state index in [1.165, 1.54) is 19.2 Å². The van der Waals surface area contributed by atoms with Crippen molar-refractivity contribution in [2.45, 2.75) is 0 Å². The summed E-state index contributed by atoms with van der Waals surface area (Å²) in [4.78, 5) is 22.4. The average molecular weight is 331 g/mol. The molecule has 1 amide bonds. The Morgan fingerprint density at radius 2 is 1.83 bits per heavy atom. The lowest BCUT2D eigenvalue weighted by Crippen LogP contribution is -2.34. The number of para-hydroxylation sites is 2. The molecule has 7 nitrogen and oxygen atoms in total. The molecule has 0 aromatic heterocycles. The Morgan fingerprint density at radius 1 is 1.17 bits per heavy atom. The van der Waals surface area contributed by atoms with Crippen molar-refractivity contribution in [1.29, 1.82) is 0 Å². The summed E-state index contributed by atoms with van der Waals surface area (Å²) in [6.07, 6.45) is 0. The summed E-state index contributed by atoms with van der Waals surface area (Å²) in [5, 5.41) is 16.0. The third kappa shape index (κ3) is 4.24. The second-order valence-corrected chi connectivity index (χ2v) is 4.82. The molecule has 0 atom stereocenters. The lowest BCUT2D eigenvalue weighted by molar-refractivity contribution is -0.383. The first-order valence-corrected chi connectivity index (χ1v) is 6.92. The number of nitro benzene ring substituents is 1. The quantitative estimate of drug-likeness (QED) is 0.508. The number of amides is 1. The van der Waals surface area contributed by atoms with E-state index < -0.39 is 10.8 Å². The number of nitrogens with one attached hydrogen (secondary N) is 2. The van der Waals surface area contributed by atoms with E-state index in [1.807, 2.05) is 0 Å². The van der Waals surface area contributed by atoms with Crippen molar-refractivity contribution in [2.24, 2.45) is 0 Å². The number of hydrogen-bond acceptors (Lipinski definition) is 5. The third-order valence-corrected chi connectivity index (χ3v) is 3.13. The third-order valence-electron chi connectivity index (χ3n) is 2.93. The summed E-state index contributed by atoms with van der Waals surface area (Å²) in [5.41, 5.74) is 0.462. The van der Waals surface area contributed by atoms with E-state index in [1.54, 1.807) is 36.4 Å². The predicted molar refractivity (Wildman–Crippen MR) is 89.8 cm³/mol. The fraction of sp³-hybridized carbons (Fsp3) is 0.0667. The summed E-state index contributed by atoms with van der Waals surface area (Å²) in [6, 6.07) is 12.5. The molecule has 0 saturated heterocycles. The van der Waals surface area contributed by atoms with Gasteiger partial charge in [-0.25, -0.2) is 0 Å². The van der Waals surface area contributed by atoms with Gasteiger partial charge in [-0.1, -0.05) is 12.1 Å². The molecule has 2 aromatic rings. The minimum atomic E-state index is -0.532. The number of carbonyl (C=O) groups excluding carboxylic acids is 1. The van der Waals surface area contributed by atoms with E-state index in [2.05, 4.69) is 10.6 Å². The summed E-state index contributed by atoms with van der Waals surface area (Å²) >= 11 is 5.02. The Kier molecular flexibility index (Phi) is 5.21. The van der Waals surface area contributed by atoms with E-state index in [-0.39, 0.29) is 16.5 Å². The molecular weight excluding hydrogens is 318 g/mol. The highest BCUT2D eigenvalue weighted by Crippen LogP contribution is 2.22. The first-order chi connectivity index (χ1) is 11.0. The van der Waals surface area contributed by atoms with Gasteiger partial charge in [0, 0.05) is 11.6 Å². The number of hydrogen-bond donors (Lipinski definition) is 2. The summed E-state index contributed by atoms with van der Waals surface area (Å²) in [7, 11) is 1.53. The minimum absolute atomic E-state index is 0.0277.